The molecule has 0 aliphatic heterocycles. The number of esters is 1. The first-order chi connectivity index (χ1) is 12.8. The maximum Gasteiger partial charge on any atom is 0.343 e. The molecule has 1 heterocycles. The number of nitrogens with zero attached hydrogens (tertiary/aromatic N) is 3. The smallest absolute Gasteiger partial charge is 0.343 e. The minimum atomic E-state index is -0.438. The van der Waals surface area contributed by atoms with Gasteiger partial charge in [-0.05, 0) is 50.6 Å². The van der Waals surface area contributed by atoms with Crippen molar-refractivity contribution in [1.82, 2.24) is 9.78 Å². The van der Waals surface area contributed by atoms with Crippen LogP contribution in [0.2, 0.25) is 0 Å². The Morgan fingerprint density at radius 3 is 2.26 bits per heavy atom. The van der Waals surface area contributed by atoms with Crippen LogP contribution in [0.3, 0.4) is 0 Å². The second-order valence-electron chi connectivity index (χ2n) is 6.33. The van der Waals surface area contributed by atoms with E-state index in [1.807, 2.05) is 19.1 Å². The number of benzene rings is 2. The summed E-state index contributed by atoms with van der Waals surface area (Å²) in [5.41, 5.74) is 3.31. The van der Waals surface area contributed by atoms with Crippen LogP contribution in [0, 0.1) is 30.9 Å². The van der Waals surface area contributed by atoms with Crippen molar-refractivity contribution in [2.45, 2.75) is 27.3 Å². The van der Waals surface area contributed by atoms with Gasteiger partial charge in [0.15, 0.2) is 0 Å². The number of ether oxygens (including phenoxy) is 1. The SMILES string of the molecule is Cc1ccc(OC(=O)c2ccc(Cn3nc(C)c([N+](=O)[O-])c3C)cc2)cc1. The monoisotopic (exact) mass is 365 g/mol. The molecule has 0 amide bonds. The van der Waals surface area contributed by atoms with Crippen LogP contribution >= 0.6 is 0 Å². The van der Waals surface area contributed by atoms with Gasteiger partial charge in [0.05, 0.1) is 17.0 Å². The summed E-state index contributed by atoms with van der Waals surface area (Å²) >= 11 is 0. The first-order valence-corrected chi connectivity index (χ1v) is 8.41. The van der Waals surface area contributed by atoms with Crippen LogP contribution in [0.5, 0.6) is 5.75 Å². The van der Waals surface area contributed by atoms with Crippen LogP contribution in [-0.4, -0.2) is 20.7 Å². The fourth-order valence-electron chi connectivity index (χ4n) is 2.80. The van der Waals surface area contributed by atoms with Crippen molar-refractivity contribution in [3.05, 3.63) is 86.7 Å². The third-order valence-electron chi connectivity index (χ3n) is 4.28. The molecule has 0 radical (unpaired) electrons. The molecular weight excluding hydrogens is 346 g/mol. The highest BCUT2D eigenvalue weighted by atomic mass is 16.6. The fraction of sp³-hybridized carbons (Fsp3) is 0.200. The molecule has 0 saturated carbocycles. The van der Waals surface area contributed by atoms with Crippen molar-refractivity contribution in [2.75, 3.05) is 0 Å². The third-order valence-corrected chi connectivity index (χ3v) is 4.28. The number of aromatic nitrogens is 2. The Kier molecular flexibility index (Phi) is 5.03. The van der Waals surface area contributed by atoms with E-state index in [1.54, 1.807) is 54.9 Å². The summed E-state index contributed by atoms with van der Waals surface area (Å²) in [5.74, 6) is 0.0526. The van der Waals surface area contributed by atoms with Crippen molar-refractivity contribution in [3.63, 3.8) is 0 Å². The summed E-state index contributed by atoms with van der Waals surface area (Å²) in [6.07, 6.45) is 0. The lowest BCUT2D eigenvalue weighted by atomic mass is 10.1. The average Bonchev–Trinajstić information content (AvgIpc) is 2.91. The Morgan fingerprint density at radius 1 is 1.07 bits per heavy atom. The molecule has 0 aliphatic rings. The molecule has 3 aromatic rings. The predicted octanol–water partition coefficient (Wildman–Crippen LogP) is 3.98. The Labute approximate surface area is 156 Å². The Bertz CT molecular complexity index is 989. The molecule has 3 rings (SSSR count). The standard InChI is InChI=1S/C20H19N3O4/c1-13-4-10-18(11-5-13)27-20(24)17-8-6-16(7-9-17)12-22-15(3)19(23(25)26)14(2)21-22/h4-11H,12H2,1-3H3. The van der Waals surface area contributed by atoms with E-state index in [-0.39, 0.29) is 5.69 Å². The van der Waals surface area contributed by atoms with Gasteiger partial charge in [0.1, 0.15) is 17.1 Å². The minimum Gasteiger partial charge on any atom is -0.423 e. The van der Waals surface area contributed by atoms with E-state index < -0.39 is 10.9 Å². The van der Waals surface area contributed by atoms with Gasteiger partial charge in [0.2, 0.25) is 0 Å². The van der Waals surface area contributed by atoms with Crippen molar-refractivity contribution < 1.29 is 14.5 Å². The highest BCUT2D eigenvalue weighted by Crippen LogP contribution is 2.22. The quantitative estimate of drug-likeness (QED) is 0.295. The van der Waals surface area contributed by atoms with Crippen LogP contribution in [-0.2, 0) is 6.54 Å². The maximum absolute atomic E-state index is 12.2. The molecule has 0 atom stereocenters. The molecule has 0 fully saturated rings. The molecule has 0 aliphatic carbocycles. The number of carbonyl (C=O) groups excluding carboxylic acids is 1. The van der Waals surface area contributed by atoms with Gasteiger partial charge in [-0.3, -0.25) is 14.8 Å². The van der Waals surface area contributed by atoms with Gasteiger partial charge in [-0.15, -0.1) is 0 Å². The summed E-state index contributed by atoms with van der Waals surface area (Å²) in [5, 5.41) is 15.3. The van der Waals surface area contributed by atoms with Gasteiger partial charge in [-0.2, -0.15) is 5.10 Å². The zero-order chi connectivity index (χ0) is 19.6. The average molecular weight is 365 g/mol. The predicted molar refractivity (Wildman–Crippen MR) is 100 cm³/mol. The van der Waals surface area contributed by atoms with Gasteiger partial charge >= 0.3 is 11.7 Å². The van der Waals surface area contributed by atoms with E-state index in [2.05, 4.69) is 5.10 Å². The highest BCUT2D eigenvalue weighted by Gasteiger charge is 2.21. The summed E-state index contributed by atoms with van der Waals surface area (Å²) in [4.78, 5) is 22.9. The van der Waals surface area contributed by atoms with Crippen LogP contribution in [0.15, 0.2) is 48.5 Å². The number of hydrogen-bond donors (Lipinski definition) is 0. The molecule has 0 N–H and O–H groups in total. The lowest BCUT2D eigenvalue weighted by molar-refractivity contribution is -0.386. The molecule has 2 aromatic carbocycles. The second kappa shape index (κ2) is 7.41. The van der Waals surface area contributed by atoms with Crippen LogP contribution in [0.4, 0.5) is 5.69 Å². The van der Waals surface area contributed by atoms with Crippen molar-refractivity contribution in [1.29, 1.82) is 0 Å². The molecular formula is C20H19N3O4. The highest BCUT2D eigenvalue weighted by molar-refractivity contribution is 5.91. The second-order valence-corrected chi connectivity index (χ2v) is 6.33. The number of carbonyl (C=O) groups is 1. The van der Waals surface area contributed by atoms with E-state index in [0.717, 1.165) is 11.1 Å². The van der Waals surface area contributed by atoms with Crippen LogP contribution in [0.25, 0.3) is 0 Å². The molecule has 7 nitrogen and oxygen atoms in total. The molecule has 7 heteroatoms. The molecule has 0 saturated heterocycles. The van der Waals surface area contributed by atoms with Gasteiger partial charge in [0.25, 0.3) is 0 Å². The maximum atomic E-state index is 12.2. The van der Waals surface area contributed by atoms with E-state index in [4.69, 9.17) is 4.74 Å². The first kappa shape index (κ1) is 18.3. The van der Waals surface area contributed by atoms with Crippen molar-refractivity contribution in [2.24, 2.45) is 0 Å². The van der Waals surface area contributed by atoms with E-state index in [9.17, 15) is 14.9 Å². The number of nitro groups is 1. The normalized spacial score (nSPS) is 10.6. The number of hydrogen-bond acceptors (Lipinski definition) is 5. The van der Waals surface area contributed by atoms with E-state index in [1.165, 1.54) is 0 Å². The molecule has 0 unspecified atom stereocenters. The minimum absolute atomic E-state index is 0.0355. The summed E-state index contributed by atoms with van der Waals surface area (Å²) < 4.78 is 6.94. The lowest BCUT2D eigenvalue weighted by Gasteiger charge is -2.07. The first-order valence-electron chi connectivity index (χ1n) is 8.41. The third kappa shape index (κ3) is 4.03. The zero-order valence-electron chi connectivity index (χ0n) is 15.3. The van der Waals surface area contributed by atoms with Gasteiger partial charge in [0, 0.05) is 0 Å². The molecule has 27 heavy (non-hydrogen) atoms. The summed E-state index contributed by atoms with van der Waals surface area (Å²) in [6, 6.07) is 14.2. The molecule has 0 bridgehead atoms. The number of rotatable bonds is 5. The Balaban J connectivity index is 1.72. The summed E-state index contributed by atoms with van der Waals surface area (Å²) in [7, 11) is 0. The fourth-order valence-corrected chi connectivity index (χ4v) is 2.80. The van der Waals surface area contributed by atoms with Crippen LogP contribution < -0.4 is 4.74 Å². The van der Waals surface area contributed by atoms with Gasteiger partial charge in [-0.25, -0.2) is 4.79 Å². The topological polar surface area (TPSA) is 87.3 Å². The summed E-state index contributed by atoms with van der Waals surface area (Å²) in [6.45, 7) is 5.63. The largest absolute Gasteiger partial charge is 0.423 e. The Hall–Kier alpha value is -3.48. The Morgan fingerprint density at radius 2 is 1.70 bits per heavy atom. The van der Waals surface area contributed by atoms with Crippen molar-refractivity contribution >= 4 is 11.7 Å². The molecule has 0 spiro atoms. The molecule has 1 aromatic heterocycles. The van der Waals surface area contributed by atoms with Crippen molar-refractivity contribution in [3.8, 4) is 5.75 Å². The van der Waals surface area contributed by atoms with Gasteiger partial charge < -0.3 is 4.74 Å². The van der Waals surface area contributed by atoms with E-state index >= 15 is 0 Å². The zero-order valence-corrected chi connectivity index (χ0v) is 15.3. The number of aryl methyl sites for hydroxylation is 2. The van der Waals surface area contributed by atoms with Crippen LogP contribution in [0.1, 0.15) is 32.9 Å². The van der Waals surface area contributed by atoms with E-state index in [0.29, 0.717) is 29.2 Å². The molecule has 138 valence electrons. The van der Waals surface area contributed by atoms with Gasteiger partial charge in [-0.1, -0.05) is 29.8 Å². The lowest BCUT2D eigenvalue weighted by Crippen LogP contribution is -2.09.